The standard InChI is InChI=1S/C26H23NO2/c27-25(26(28)29-18-20-6-2-1-3-7-20)16-19-10-12-22(13-11-19)24-15-14-21-8-4-5-9-23(21)17-24/h1-15,17,25H,16,18,27H2/t25-/m0/s1. The minimum atomic E-state index is -0.676. The Morgan fingerprint density at radius 1 is 0.724 bits per heavy atom. The number of fused-ring (bicyclic) bond motifs is 1. The zero-order valence-corrected chi connectivity index (χ0v) is 16.1. The van der Waals surface area contributed by atoms with E-state index < -0.39 is 6.04 Å². The van der Waals surface area contributed by atoms with Crippen molar-refractivity contribution in [3.63, 3.8) is 0 Å². The summed E-state index contributed by atoms with van der Waals surface area (Å²) in [6, 6.07) is 31.9. The van der Waals surface area contributed by atoms with Gasteiger partial charge in [-0.05, 0) is 45.5 Å². The van der Waals surface area contributed by atoms with Crippen LogP contribution in [0.5, 0.6) is 0 Å². The van der Waals surface area contributed by atoms with Crippen LogP contribution in [0.25, 0.3) is 21.9 Å². The van der Waals surface area contributed by atoms with Crippen molar-refractivity contribution >= 4 is 16.7 Å². The van der Waals surface area contributed by atoms with Gasteiger partial charge in [-0.25, -0.2) is 0 Å². The van der Waals surface area contributed by atoms with Gasteiger partial charge >= 0.3 is 5.97 Å². The van der Waals surface area contributed by atoms with Gasteiger partial charge < -0.3 is 10.5 Å². The number of benzene rings is 4. The molecule has 0 aliphatic rings. The highest BCUT2D eigenvalue weighted by atomic mass is 16.5. The minimum Gasteiger partial charge on any atom is -0.460 e. The Balaban J connectivity index is 1.38. The third-order valence-electron chi connectivity index (χ3n) is 5.02. The molecule has 0 aromatic heterocycles. The van der Waals surface area contributed by atoms with Crippen molar-refractivity contribution in [2.24, 2.45) is 5.73 Å². The van der Waals surface area contributed by atoms with Crippen LogP contribution >= 0.6 is 0 Å². The Bertz CT molecular complexity index is 1100. The highest BCUT2D eigenvalue weighted by Crippen LogP contribution is 2.25. The number of ether oxygens (including phenoxy) is 1. The fourth-order valence-electron chi connectivity index (χ4n) is 3.38. The van der Waals surface area contributed by atoms with Gasteiger partial charge in [0, 0.05) is 0 Å². The predicted molar refractivity (Wildman–Crippen MR) is 117 cm³/mol. The van der Waals surface area contributed by atoms with Gasteiger partial charge in [-0.3, -0.25) is 4.79 Å². The minimum absolute atomic E-state index is 0.244. The van der Waals surface area contributed by atoms with Crippen LogP contribution in [-0.4, -0.2) is 12.0 Å². The first-order chi connectivity index (χ1) is 14.2. The van der Waals surface area contributed by atoms with Crippen LogP contribution in [0.15, 0.2) is 97.1 Å². The van der Waals surface area contributed by atoms with Crippen LogP contribution in [-0.2, 0) is 22.6 Å². The van der Waals surface area contributed by atoms with Crippen LogP contribution in [0, 0.1) is 0 Å². The SMILES string of the molecule is N[C@@H](Cc1ccc(-c2ccc3ccccc3c2)cc1)C(=O)OCc1ccccc1. The fourth-order valence-corrected chi connectivity index (χ4v) is 3.38. The average Bonchev–Trinajstić information content (AvgIpc) is 2.78. The van der Waals surface area contributed by atoms with Crippen LogP contribution in [0.2, 0.25) is 0 Å². The topological polar surface area (TPSA) is 52.3 Å². The second kappa shape index (κ2) is 8.72. The maximum absolute atomic E-state index is 12.2. The van der Waals surface area contributed by atoms with Gasteiger partial charge in [-0.15, -0.1) is 0 Å². The molecule has 0 radical (unpaired) electrons. The molecule has 0 fully saturated rings. The molecule has 0 unspecified atom stereocenters. The number of rotatable bonds is 6. The van der Waals surface area contributed by atoms with Crippen LogP contribution in [0.3, 0.4) is 0 Å². The average molecular weight is 381 g/mol. The molecule has 0 saturated carbocycles. The molecule has 0 aliphatic carbocycles. The smallest absolute Gasteiger partial charge is 0.323 e. The monoisotopic (exact) mass is 381 g/mol. The number of carbonyl (C=O) groups excluding carboxylic acids is 1. The summed E-state index contributed by atoms with van der Waals surface area (Å²) in [4.78, 5) is 12.2. The molecule has 0 bridgehead atoms. The predicted octanol–water partition coefficient (Wildman–Crippen LogP) is 5.12. The van der Waals surface area contributed by atoms with Crippen molar-refractivity contribution in [3.8, 4) is 11.1 Å². The van der Waals surface area contributed by atoms with E-state index in [4.69, 9.17) is 10.5 Å². The summed E-state index contributed by atoms with van der Waals surface area (Å²) in [5.74, 6) is -0.382. The van der Waals surface area contributed by atoms with Crippen LogP contribution < -0.4 is 5.73 Å². The lowest BCUT2D eigenvalue weighted by atomic mass is 9.99. The lowest BCUT2D eigenvalue weighted by Gasteiger charge is -2.12. The second-order valence-corrected chi connectivity index (χ2v) is 7.16. The van der Waals surface area contributed by atoms with E-state index in [2.05, 4.69) is 42.5 Å². The molecule has 3 heteroatoms. The molecule has 0 heterocycles. The van der Waals surface area contributed by atoms with Gasteiger partial charge in [0.15, 0.2) is 0 Å². The van der Waals surface area contributed by atoms with Crippen LogP contribution in [0.4, 0.5) is 0 Å². The van der Waals surface area contributed by atoms with Crippen molar-refractivity contribution in [1.82, 2.24) is 0 Å². The van der Waals surface area contributed by atoms with E-state index in [1.54, 1.807) is 0 Å². The highest BCUT2D eigenvalue weighted by Gasteiger charge is 2.16. The molecular formula is C26H23NO2. The number of hydrogen-bond acceptors (Lipinski definition) is 3. The van der Waals surface area contributed by atoms with E-state index in [-0.39, 0.29) is 12.6 Å². The zero-order chi connectivity index (χ0) is 20.1. The normalized spacial score (nSPS) is 11.9. The summed E-state index contributed by atoms with van der Waals surface area (Å²) >= 11 is 0. The van der Waals surface area contributed by atoms with E-state index in [0.29, 0.717) is 6.42 Å². The molecule has 0 spiro atoms. The molecule has 144 valence electrons. The Morgan fingerprint density at radius 3 is 2.14 bits per heavy atom. The van der Waals surface area contributed by atoms with Crippen molar-refractivity contribution in [3.05, 3.63) is 108 Å². The number of esters is 1. The first-order valence-corrected chi connectivity index (χ1v) is 9.73. The maximum atomic E-state index is 12.2. The van der Waals surface area contributed by atoms with Crippen molar-refractivity contribution in [2.45, 2.75) is 19.1 Å². The third-order valence-corrected chi connectivity index (χ3v) is 5.02. The largest absolute Gasteiger partial charge is 0.460 e. The van der Waals surface area contributed by atoms with Gasteiger partial charge in [0.2, 0.25) is 0 Å². The third kappa shape index (κ3) is 4.71. The van der Waals surface area contributed by atoms with Crippen molar-refractivity contribution in [1.29, 1.82) is 0 Å². The second-order valence-electron chi connectivity index (χ2n) is 7.16. The Kier molecular flexibility index (Phi) is 5.68. The van der Waals surface area contributed by atoms with Gasteiger partial charge in [0.1, 0.15) is 12.6 Å². The van der Waals surface area contributed by atoms with E-state index in [1.807, 2.05) is 54.6 Å². The molecular weight excluding hydrogens is 358 g/mol. The summed E-state index contributed by atoms with van der Waals surface area (Å²) in [5.41, 5.74) is 10.3. The molecule has 4 rings (SSSR count). The molecule has 2 N–H and O–H groups in total. The lowest BCUT2D eigenvalue weighted by molar-refractivity contribution is -0.146. The Morgan fingerprint density at radius 2 is 1.38 bits per heavy atom. The van der Waals surface area contributed by atoms with Crippen molar-refractivity contribution in [2.75, 3.05) is 0 Å². The van der Waals surface area contributed by atoms with E-state index in [0.717, 1.165) is 16.7 Å². The zero-order valence-electron chi connectivity index (χ0n) is 16.1. The van der Waals surface area contributed by atoms with E-state index in [1.165, 1.54) is 16.3 Å². The molecule has 1 atom stereocenters. The molecule has 29 heavy (non-hydrogen) atoms. The first-order valence-electron chi connectivity index (χ1n) is 9.73. The van der Waals surface area contributed by atoms with Gasteiger partial charge in [0.05, 0.1) is 0 Å². The summed E-state index contributed by atoms with van der Waals surface area (Å²) in [6.07, 6.45) is 0.450. The summed E-state index contributed by atoms with van der Waals surface area (Å²) < 4.78 is 5.33. The maximum Gasteiger partial charge on any atom is 0.323 e. The Hall–Kier alpha value is -3.43. The van der Waals surface area contributed by atoms with Crippen LogP contribution in [0.1, 0.15) is 11.1 Å². The summed E-state index contributed by atoms with van der Waals surface area (Å²) in [7, 11) is 0. The molecule has 0 amide bonds. The molecule has 0 aliphatic heterocycles. The fraction of sp³-hybridized carbons (Fsp3) is 0.115. The van der Waals surface area contributed by atoms with E-state index in [9.17, 15) is 4.79 Å². The number of carbonyl (C=O) groups is 1. The Labute approximate surface area is 170 Å². The number of nitrogens with two attached hydrogens (primary N) is 1. The molecule has 4 aromatic carbocycles. The van der Waals surface area contributed by atoms with Gasteiger partial charge in [-0.2, -0.15) is 0 Å². The quantitative estimate of drug-likeness (QED) is 0.472. The first kappa shape index (κ1) is 18.9. The number of hydrogen-bond donors (Lipinski definition) is 1. The molecule has 4 aromatic rings. The summed E-state index contributed by atoms with van der Waals surface area (Å²) in [5, 5.41) is 2.45. The van der Waals surface area contributed by atoms with Crippen molar-refractivity contribution < 1.29 is 9.53 Å². The lowest BCUT2D eigenvalue weighted by Crippen LogP contribution is -2.34. The van der Waals surface area contributed by atoms with E-state index >= 15 is 0 Å². The molecule has 3 nitrogen and oxygen atoms in total. The summed E-state index contributed by atoms with van der Waals surface area (Å²) in [6.45, 7) is 0.244. The van der Waals surface area contributed by atoms with Gasteiger partial charge in [-0.1, -0.05) is 91.0 Å². The highest BCUT2D eigenvalue weighted by molar-refractivity contribution is 5.87. The molecule has 0 saturated heterocycles. The van der Waals surface area contributed by atoms with Gasteiger partial charge in [0.25, 0.3) is 0 Å².